The van der Waals surface area contributed by atoms with Gasteiger partial charge in [0.15, 0.2) is 11.4 Å². The highest BCUT2D eigenvalue weighted by atomic mass is 19.1. The van der Waals surface area contributed by atoms with E-state index in [9.17, 15) is 9.18 Å². The van der Waals surface area contributed by atoms with Crippen LogP contribution in [0.1, 0.15) is 18.9 Å². The number of nitrogens with one attached hydrogen (secondary N) is 2. The lowest BCUT2D eigenvalue weighted by Crippen LogP contribution is -2.89. The molecule has 0 aliphatic carbocycles. The van der Waals surface area contributed by atoms with Crippen molar-refractivity contribution in [3.8, 4) is 16.9 Å². The second-order valence-corrected chi connectivity index (χ2v) is 5.94. The second kappa shape index (κ2) is 7.45. The van der Waals surface area contributed by atoms with Crippen molar-refractivity contribution in [2.75, 3.05) is 13.7 Å². The van der Waals surface area contributed by atoms with E-state index in [4.69, 9.17) is 10.5 Å². The highest BCUT2D eigenvalue weighted by Crippen LogP contribution is 2.37. The van der Waals surface area contributed by atoms with Gasteiger partial charge < -0.3 is 15.8 Å². The Balaban J connectivity index is 2.07. The molecule has 2 aromatic rings. The molecule has 1 aliphatic rings. The van der Waals surface area contributed by atoms with E-state index in [0.29, 0.717) is 23.7 Å². The summed E-state index contributed by atoms with van der Waals surface area (Å²) in [7, 11) is 1.50. The minimum atomic E-state index is -0.369. The van der Waals surface area contributed by atoms with Crippen LogP contribution in [0.3, 0.4) is 0 Å². The first kappa shape index (κ1) is 17.8. The Hall–Kier alpha value is -3.06. The molecular formula is C19H22FN4O2+. The summed E-state index contributed by atoms with van der Waals surface area (Å²) in [6.45, 7) is 2.56. The van der Waals surface area contributed by atoms with Crippen molar-refractivity contribution in [3.05, 3.63) is 53.5 Å². The Morgan fingerprint density at radius 2 is 2.04 bits per heavy atom. The molecule has 1 aliphatic heterocycles. The van der Waals surface area contributed by atoms with Gasteiger partial charge in [0.1, 0.15) is 11.6 Å². The molecule has 0 saturated carbocycles. The van der Waals surface area contributed by atoms with Crippen molar-refractivity contribution in [3.63, 3.8) is 0 Å². The van der Waals surface area contributed by atoms with Gasteiger partial charge in [-0.2, -0.15) is 0 Å². The summed E-state index contributed by atoms with van der Waals surface area (Å²) in [5.74, 6) is -0.177. The number of nitrogens with two attached hydrogens (primary N) is 2. The third-order valence-corrected chi connectivity index (χ3v) is 4.24. The fraction of sp³-hybridized carbons (Fsp3) is 0.211. The van der Waals surface area contributed by atoms with Gasteiger partial charge in [0.25, 0.3) is 5.91 Å². The largest absolute Gasteiger partial charge is 0.496 e. The number of carbonyl (C=O) groups excluding carboxylic acids is 1. The third-order valence-electron chi connectivity index (χ3n) is 4.24. The van der Waals surface area contributed by atoms with E-state index < -0.39 is 0 Å². The molecule has 3 rings (SSSR count). The first-order chi connectivity index (χ1) is 12.6. The van der Waals surface area contributed by atoms with E-state index in [1.54, 1.807) is 11.5 Å². The van der Waals surface area contributed by atoms with Crippen LogP contribution < -0.4 is 26.6 Å². The first-order valence-electron chi connectivity index (χ1n) is 8.41. The smallest absolute Gasteiger partial charge is 0.274 e. The molecule has 136 valence electrons. The molecule has 1 amide bonds. The maximum atomic E-state index is 13.5. The fourth-order valence-corrected chi connectivity index (χ4v) is 2.95. The average Bonchev–Trinajstić information content (AvgIpc) is 2.66. The Morgan fingerprint density at radius 3 is 2.77 bits per heavy atom. The standard InChI is InChI=1S/C19H21FN4O2/c1-3-9-22-19(25)18-16(21)14-6-4-5-13(17(14)23-24-18)12-8-7-11(20)10-15(12)26-2/h4-8,10,23-24H,3,9,21H2,1-2H3,(H,22,25)/p+1. The lowest BCUT2D eigenvalue weighted by atomic mass is 9.96. The van der Waals surface area contributed by atoms with Crippen molar-refractivity contribution in [2.24, 2.45) is 5.73 Å². The lowest BCUT2D eigenvalue weighted by molar-refractivity contribution is -0.625. The summed E-state index contributed by atoms with van der Waals surface area (Å²) in [5.41, 5.74) is 14.8. The van der Waals surface area contributed by atoms with Gasteiger partial charge in [-0.05, 0) is 30.7 Å². The van der Waals surface area contributed by atoms with Gasteiger partial charge in [-0.15, -0.1) is 0 Å². The van der Waals surface area contributed by atoms with Gasteiger partial charge >= 0.3 is 0 Å². The summed E-state index contributed by atoms with van der Waals surface area (Å²) >= 11 is 0. The van der Waals surface area contributed by atoms with Crippen LogP contribution in [-0.4, -0.2) is 19.6 Å². The SMILES string of the molecule is CCCNC(=O)C1=C(N)c2cccc(-c3ccc(F)cc3OC)c2[NH2+]N1. The van der Waals surface area contributed by atoms with Crippen LogP contribution in [0.4, 0.5) is 10.1 Å². The molecule has 0 aromatic heterocycles. The van der Waals surface area contributed by atoms with E-state index in [1.807, 2.05) is 25.1 Å². The topological polar surface area (TPSA) is 93.0 Å². The van der Waals surface area contributed by atoms with Crippen molar-refractivity contribution in [1.29, 1.82) is 0 Å². The van der Waals surface area contributed by atoms with Gasteiger partial charge in [0.05, 0.1) is 18.4 Å². The van der Waals surface area contributed by atoms with E-state index in [-0.39, 0.29) is 11.7 Å². The molecule has 6 N–H and O–H groups in total. The van der Waals surface area contributed by atoms with Crippen LogP contribution >= 0.6 is 0 Å². The van der Waals surface area contributed by atoms with Gasteiger partial charge in [-0.1, -0.05) is 13.0 Å². The molecule has 1 heterocycles. The zero-order valence-electron chi connectivity index (χ0n) is 14.7. The zero-order valence-corrected chi connectivity index (χ0v) is 14.7. The third kappa shape index (κ3) is 3.21. The number of benzene rings is 2. The first-order valence-corrected chi connectivity index (χ1v) is 8.41. The van der Waals surface area contributed by atoms with Crippen LogP contribution in [0, 0.1) is 5.82 Å². The van der Waals surface area contributed by atoms with Crippen molar-refractivity contribution in [1.82, 2.24) is 10.7 Å². The number of hydrogen-bond donors (Lipinski definition) is 4. The highest BCUT2D eigenvalue weighted by Gasteiger charge is 2.27. The Bertz CT molecular complexity index is 880. The number of halogens is 1. The molecule has 2 aromatic carbocycles. The van der Waals surface area contributed by atoms with Gasteiger partial charge in [-0.3, -0.25) is 4.79 Å². The van der Waals surface area contributed by atoms with Crippen LogP contribution in [-0.2, 0) is 4.79 Å². The maximum Gasteiger partial charge on any atom is 0.274 e. The number of ether oxygens (including phenoxy) is 1. The highest BCUT2D eigenvalue weighted by molar-refractivity contribution is 6.02. The normalized spacial score (nSPS) is 13.0. The summed E-state index contributed by atoms with van der Waals surface area (Å²) in [6, 6.07) is 10.0. The molecule has 6 nitrogen and oxygen atoms in total. The zero-order chi connectivity index (χ0) is 18.7. The summed E-state index contributed by atoms with van der Waals surface area (Å²) in [5, 5.41) is 2.81. The number of para-hydroxylation sites is 1. The Morgan fingerprint density at radius 1 is 1.27 bits per heavy atom. The quantitative estimate of drug-likeness (QED) is 0.480. The minimum Gasteiger partial charge on any atom is -0.496 e. The van der Waals surface area contributed by atoms with E-state index in [1.165, 1.54) is 19.2 Å². The molecule has 0 bridgehead atoms. The van der Waals surface area contributed by atoms with Gasteiger partial charge in [0, 0.05) is 23.7 Å². The van der Waals surface area contributed by atoms with Gasteiger partial charge in [0.2, 0.25) is 0 Å². The number of quaternary nitrogens is 1. The number of rotatable bonds is 5. The average molecular weight is 357 g/mol. The number of methoxy groups -OCH3 is 1. The molecule has 7 heteroatoms. The molecule has 0 saturated heterocycles. The molecule has 26 heavy (non-hydrogen) atoms. The Kier molecular flexibility index (Phi) is 5.09. The monoisotopic (exact) mass is 357 g/mol. The van der Waals surface area contributed by atoms with Crippen molar-refractivity contribution < 1.29 is 19.3 Å². The molecular weight excluding hydrogens is 335 g/mol. The fourth-order valence-electron chi connectivity index (χ4n) is 2.95. The van der Waals surface area contributed by atoms with Crippen LogP contribution in [0.5, 0.6) is 5.75 Å². The summed E-state index contributed by atoms with van der Waals surface area (Å²) in [6.07, 6.45) is 0.841. The molecule has 0 unspecified atom stereocenters. The van der Waals surface area contributed by atoms with E-state index in [0.717, 1.165) is 28.8 Å². The van der Waals surface area contributed by atoms with Crippen LogP contribution in [0.25, 0.3) is 16.8 Å². The minimum absolute atomic E-state index is 0.240. The number of carbonyl (C=O) groups is 1. The second-order valence-electron chi connectivity index (χ2n) is 5.94. The molecule has 0 spiro atoms. The van der Waals surface area contributed by atoms with Crippen molar-refractivity contribution in [2.45, 2.75) is 13.3 Å². The van der Waals surface area contributed by atoms with Crippen LogP contribution in [0.2, 0.25) is 0 Å². The number of fused-ring (bicyclic) bond motifs is 1. The van der Waals surface area contributed by atoms with Gasteiger partial charge in [-0.25, -0.2) is 15.2 Å². The maximum absolute atomic E-state index is 13.5. The molecule has 0 fully saturated rings. The number of hydrogen-bond acceptors (Lipinski definition) is 4. The lowest BCUT2D eigenvalue weighted by Gasteiger charge is -2.22. The van der Waals surface area contributed by atoms with E-state index in [2.05, 4.69) is 10.7 Å². The summed E-state index contributed by atoms with van der Waals surface area (Å²) in [4.78, 5) is 12.3. The predicted molar refractivity (Wildman–Crippen MR) is 97.5 cm³/mol. The predicted octanol–water partition coefficient (Wildman–Crippen LogP) is 1.37. The molecule has 0 radical (unpaired) electrons. The van der Waals surface area contributed by atoms with E-state index >= 15 is 0 Å². The molecule has 0 atom stereocenters. The number of amides is 1. The summed E-state index contributed by atoms with van der Waals surface area (Å²) < 4.78 is 18.8. The van der Waals surface area contributed by atoms with Crippen LogP contribution in [0.15, 0.2) is 42.1 Å². The Labute approximate surface area is 151 Å². The van der Waals surface area contributed by atoms with Crippen molar-refractivity contribution >= 4 is 17.3 Å².